The van der Waals surface area contributed by atoms with Crippen molar-refractivity contribution in [1.82, 2.24) is 10.2 Å². The third-order valence-corrected chi connectivity index (χ3v) is 9.90. The lowest BCUT2D eigenvalue weighted by molar-refractivity contribution is -0.140. The molecule has 3 aromatic carbocycles. The van der Waals surface area contributed by atoms with Gasteiger partial charge in [0.05, 0.1) is 27.7 Å². The van der Waals surface area contributed by atoms with Crippen molar-refractivity contribution >= 4 is 50.7 Å². The van der Waals surface area contributed by atoms with Crippen molar-refractivity contribution in [3.8, 4) is 5.75 Å². The van der Waals surface area contributed by atoms with E-state index in [1.807, 2.05) is 6.92 Å². The Hall–Kier alpha value is -3.27. The number of hydrogen-bond acceptors (Lipinski definition) is 5. The maximum absolute atomic E-state index is 14.2. The fourth-order valence-electron chi connectivity index (χ4n) is 5.19. The van der Waals surface area contributed by atoms with Gasteiger partial charge >= 0.3 is 0 Å². The second kappa shape index (κ2) is 14.3. The van der Waals surface area contributed by atoms with Gasteiger partial charge in [-0.2, -0.15) is 0 Å². The number of nitrogens with one attached hydrogen (secondary N) is 1. The first kappa shape index (κ1) is 31.7. The third-order valence-electron chi connectivity index (χ3n) is 7.39. The van der Waals surface area contributed by atoms with Crippen LogP contribution in [-0.2, 0) is 26.2 Å². The molecular formula is C31H35Cl2N3O5S. The molecule has 1 atom stereocenters. The summed E-state index contributed by atoms with van der Waals surface area (Å²) in [6.07, 6.45) is 4.18. The number of ether oxygens (including phenoxy) is 1. The molecule has 0 spiro atoms. The lowest BCUT2D eigenvalue weighted by atomic mass is 10.1. The van der Waals surface area contributed by atoms with Gasteiger partial charge < -0.3 is 15.0 Å². The van der Waals surface area contributed by atoms with Gasteiger partial charge in [0.25, 0.3) is 10.0 Å². The predicted molar refractivity (Wildman–Crippen MR) is 165 cm³/mol. The van der Waals surface area contributed by atoms with E-state index in [2.05, 4.69) is 5.32 Å². The second-order valence-electron chi connectivity index (χ2n) is 10.2. The summed E-state index contributed by atoms with van der Waals surface area (Å²) < 4.78 is 34.5. The van der Waals surface area contributed by atoms with Crippen LogP contribution >= 0.6 is 23.2 Å². The molecule has 2 amide bonds. The van der Waals surface area contributed by atoms with Crippen LogP contribution in [0.4, 0.5) is 5.69 Å². The first-order valence-electron chi connectivity index (χ1n) is 13.9. The van der Waals surface area contributed by atoms with Crippen LogP contribution in [0.1, 0.15) is 44.6 Å². The van der Waals surface area contributed by atoms with E-state index in [-0.39, 0.29) is 34.8 Å². The number of benzene rings is 3. The van der Waals surface area contributed by atoms with E-state index in [0.717, 1.165) is 30.0 Å². The van der Waals surface area contributed by atoms with Gasteiger partial charge in [-0.3, -0.25) is 13.9 Å². The third kappa shape index (κ3) is 7.38. The molecule has 1 aliphatic rings. The number of nitrogens with zero attached hydrogens (tertiary/aromatic N) is 2. The second-order valence-corrected chi connectivity index (χ2v) is 12.9. The molecule has 0 bridgehead atoms. The Morgan fingerprint density at radius 3 is 2.29 bits per heavy atom. The number of anilines is 1. The standard InChI is InChI=1S/C31H35Cl2N3O5S/c1-3-27(31(38)34-23-11-7-8-12-23)35(20-22-17-18-25(32)26(33)19-22)30(37)21-36(28-15-9-10-16-29(28)41-2)42(39,40)24-13-5-4-6-14-24/h4-6,9-10,13-19,23,27H,3,7-8,11-12,20-21H2,1-2H3,(H,34,38). The number of para-hydroxylation sites is 2. The summed E-state index contributed by atoms with van der Waals surface area (Å²) in [5.74, 6) is -0.542. The lowest BCUT2D eigenvalue weighted by Crippen LogP contribution is -2.53. The quantitative estimate of drug-likeness (QED) is 0.262. The number of halogens is 2. The fraction of sp³-hybridized carbons (Fsp3) is 0.355. The van der Waals surface area contributed by atoms with Crippen LogP contribution in [0, 0.1) is 0 Å². The molecule has 1 unspecified atom stereocenters. The SMILES string of the molecule is CCC(C(=O)NC1CCCC1)N(Cc1ccc(Cl)c(Cl)c1)C(=O)CN(c1ccccc1OC)S(=O)(=O)c1ccccc1. The smallest absolute Gasteiger partial charge is 0.264 e. The molecule has 0 aromatic heterocycles. The maximum Gasteiger partial charge on any atom is 0.264 e. The van der Waals surface area contributed by atoms with Crippen molar-refractivity contribution in [2.24, 2.45) is 0 Å². The zero-order valence-corrected chi connectivity index (χ0v) is 26.0. The van der Waals surface area contributed by atoms with Crippen molar-refractivity contribution in [2.45, 2.75) is 62.6 Å². The highest BCUT2D eigenvalue weighted by atomic mass is 35.5. The van der Waals surface area contributed by atoms with E-state index >= 15 is 0 Å². The average molecular weight is 633 g/mol. The van der Waals surface area contributed by atoms with E-state index in [1.165, 1.54) is 24.1 Å². The minimum atomic E-state index is -4.21. The van der Waals surface area contributed by atoms with E-state index < -0.39 is 28.5 Å². The first-order valence-corrected chi connectivity index (χ1v) is 16.1. The summed E-state index contributed by atoms with van der Waals surface area (Å²) >= 11 is 12.4. The van der Waals surface area contributed by atoms with E-state index in [4.69, 9.17) is 27.9 Å². The maximum atomic E-state index is 14.2. The number of hydrogen-bond donors (Lipinski definition) is 1. The first-order chi connectivity index (χ1) is 20.1. The molecule has 8 nitrogen and oxygen atoms in total. The predicted octanol–water partition coefficient (Wildman–Crippen LogP) is 6.06. The van der Waals surface area contributed by atoms with Gasteiger partial charge in [-0.15, -0.1) is 0 Å². The highest BCUT2D eigenvalue weighted by Crippen LogP contribution is 2.33. The molecular weight excluding hydrogens is 597 g/mol. The molecule has 0 radical (unpaired) electrons. The Kier molecular flexibility index (Phi) is 10.8. The van der Waals surface area contributed by atoms with Gasteiger partial charge in [-0.25, -0.2) is 8.42 Å². The van der Waals surface area contributed by atoms with Gasteiger partial charge in [-0.1, -0.05) is 79.4 Å². The Bertz CT molecular complexity index is 1500. The molecule has 0 heterocycles. The summed E-state index contributed by atoms with van der Waals surface area (Å²) in [6, 6.07) is 18.7. The molecule has 42 heavy (non-hydrogen) atoms. The molecule has 4 rings (SSSR count). The normalized spacial score (nSPS) is 14.3. The van der Waals surface area contributed by atoms with Crippen molar-refractivity contribution in [1.29, 1.82) is 0 Å². The number of methoxy groups -OCH3 is 1. The van der Waals surface area contributed by atoms with Gasteiger partial charge in [0, 0.05) is 12.6 Å². The summed E-state index contributed by atoms with van der Waals surface area (Å²) in [4.78, 5) is 29.2. The summed E-state index contributed by atoms with van der Waals surface area (Å²) in [5.41, 5.74) is 0.856. The van der Waals surface area contributed by atoms with Crippen LogP contribution in [0.15, 0.2) is 77.7 Å². The number of carbonyl (C=O) groups is 2. The number of sulfonamides is 1. The molecule has 0 aliphatic heterocycles. The Morgan fingerprint density at radius 1 is 0.976 bits per heavy atom. The van der Waals surface area contributed by atoms with Gasteiger partial charge in [0.2, 0.25) is 11.8 Å². The summed E-state index contributed by atoms with van der Waals surface area (Å²) in [7, 11) is -2.77. The zero-order chi connectivity index (χ0) is 30.3. The minimum Gasteiger partial charge on any atom is -0.495 e. The highest BCUT2D eigenvalue weighted by molar-refractivity contribution is 7.92. The monoisotopic (exact) mass is 631 g/mol. The van der Waals surface area contributed by atoms with E-state index in [9.17, 15) is 18.0 Å². The van der Waals surface area contributed by atoms with Crippen molar-refractivity contribution in [2.75, 3.05) is 18.0 Å². The molecule has 1 fully saturated rings. The van der Waals surface area contributed by atoms with Crippen molar-refractivity contribution in [3.63, 3.8) is 0 Å². The molecule has 1 N–H and O–H groups in total. The van der Waals surface area contributed by atoms with Gasteiger partial charge in [0.15, 0.2) is 0 Å². The summed E-state index contributed by atoms with van der Waals surface area (Å²) in [5, 5.41) is 3.77. The van der Waals surface area contributed by atoms with Crippen LogP contribution in [0.5, 0.6) is 5.75 Å². The molecule has 0 saturated heterocycles. The van der Waals surface area contributed by atoms with Crippen LogP contribution in [0.2, 0.25) is 10.0 Å². The van der Waals surface area contributed by atoms with Gasteiger partial charge in [-0.05, 0) is 61.2 Å². The molecule has 1 aliphatic carbocycles. The van der Waals surface area contributed by atoms with Crippen LogP contribution in [0.25, 0.3) is 0 Å². The minimum absolute atomic E-state index is 0.0192. The average Bonchev–Trinajstić information content (AvgIpc) is 3.51. The Balaban J connectivity index is 1.74. The van der Waals surface area contributed by atoms with E-state index in [0.29, 0.717) is 22.0 Å². The Morgan fingerprint density at radius 2 is 1.64 bits per heavy atom. The van der Waals surface area contributed by atoms with Crippen molar-refractivity contribution in [3.05, 3.63) is 88.4 Å². The van der Waals surface area contributed by atoms with E-state index in [1.54, 1.807) is 60.7 Å². The molecule has 224 valence electrons. The fourth-order valence-corrected chi connectivity index (χ4v) is 6.96. The highest BCUT2D eigenvalue weighted by Gasteiger charge is 2.35. The Labute approximate surface area is 257 Å². The van der Waals surface area contributed by atoms with Crippen LogP contribution in [-0.4, -0.2) is 50.9 Å². The largest absolute Gasteiger partial charge is 0.495 e. The van der Waals surface area contributed by atoms with Crippen molar-refractivity contribution < 1.29 is 22.7 Å². The summed E-state index contributed by atoms with van der Waals surface area (Å²) in [6.45, 7) is 1.29. The number of carbonyl (C=O) groups excluding carboxylic acids is 2. The molecule has 3 aromatic rings. The van der Waals surface area contributed by atoms with Crippen LogP contribution in [0.3, 0.4) is 0 Å². The molecule has 11 heteroatoms. The number of amides is 2. The topological polar surface area (TPSA) is 96.0 Å². The van der Waals surface area contributed by atoms with Crippen LogP contribution < -0.4 is 14.4 Å². The zero-order valence-electron chi connectivity index (χ0n) is 23.6. The molecule has 1 saturated carbocycles. The lowest BCUT2D eigenvalue weighted by Gasteiger charge is -2.34. The number of rotatable bonds is 12. The van der Waals surface area contributed by atoms with Gasteiger partial charge in [0.1, 0.15) is 18.3 Å².